The number of carbonyl (C=O) groups is 1. The number of carbonyl (C=O) groups excluding carboxylic acids is 1. The quantitative estimate of drug-likeness (QED) is 0.511. The monoisotopic (exact) mass is 418 g/mol. The lowest BCUT2D eigenvalue weighted by Gasteiger charge is -2.31. The molecule has 31 heavy (non-hydrogen) atoms. The van der Waals surface area contributed by atoms with E-state index in [1.807, 2.05) is 49.4 Å². The Morgan fingerprint density at radius 3 is 2.74 bits per heavy atom. The van der Waals surface area contributed by atoms with Crippen molar-refractivity contribution in [1.29, 1.82) is 0 Å². The molecule has 1 aliphatic rings. The molecule has 5 heteroatoms. The number of nitrogens with zero attached hydrogens (tertiary/aromatic N) is 2. The normalized spacial score (nSPS) is 16.9. The van der Waals surface area contributed by atoms with Gasteiger partial charge in [-0.1, -0.05) is 42.5 Å². The minimum atomic E-state index is 0.110. The van der Waals surface area contributed by atoms with E-state index in [2.05, 4.69) is 17.0 Å². The van der Waals surface area contributed by atoms with E-state index in [1.54, 1.807) is 7.11 Å². The number of aryl methyl sites for hydroxylation is 2. The van der Waals surface area contributed by atoms with E-state index < -0.39 is 0 Å². The van der Waals surface area contributed by atoms with Gasteiger partial charge in [-0.15, -0.1) is 0 Å². The van der Waals surface area contributed by atoms with Gasteiger partial charge in [-0.3, -0.25) is 9.69 Å². The molecule has 1 atom stereocenters. The maximum atomic E-state index is 12.8. The van der Waals surface area contributed by atoms with Crippen LogP contribution in [0.2, 0.25) is 0 Å². The van der Waals surface area contributed by atoms with E-state index in [9.17, 15) is 4.79 Å². The van der Waals surface area contributed by atoms with Gasteiger partial charge >= 0.3 is 0 Å². The van der Waals surface area contributed by atoms with Crippen LogP contribution in [0.3, 0.4) is 0 Å². The number of likely N-dealkylation sites (tertiary alicyclic amines) is 1. The highest BCUT2D eigenvalue weighted by Gasteiger charge is 2.27. The molecule has 0 bridgehead atoms. The topological polar surface area (TPSA) is 55.6 Å². The molecular weight excluding hydrogens is 388 g/mol. The fraction of sp³-hybridized carbons (Fsp3) is 0.385. The van der Waals surface area contributed by atoms with Crippen LogP contribution in [0, 0.1) is 12.8 Å². The maximum Gasteiger partial charge on any atom is 0.230 e. The number of hydrogen-bond donors (Lipinski definition) is 0. The zero-order valence-electron chi connectivity index (χ0n) is 18.3. The number of Topliss-reactive ketones (excluding diaryl/α,β-unsaturated/α-hetero) is 1. The summed E-state index contributed by atoms with van der Waals surface area (Å²) in [5.74, 6) is 2.63. The molecule has 0 saturated carbocycles. The van der Waals surface area contributed by atoms with Crippen molar-refractivity contribution in [1.82, 2.24) is 9.88 Å². The number of aromatic nitrogens is 1. The minimum Gasteiger partial charge on any atom is -0.496 e. The van der Waals surface area contributed by atoms with Gasteiger partial charge in [0.25, 0.3) is 0 Å². The van der Waals surface area contributed by atoms with Gasteiger partial charge in [0.15, 0.2) is 0 Å². The molecule has 2 heterocycles. The summed E-state index contributed by atoms with van der Waals surface area (Å²) in [5, 5.41) is 0. The lowest BCUT2D eigenvalue weighted by Crippen LogP contribution is -2.38. The first-order chi connectivity index (χ1) is 15.1. The van der Waals surface area contributed by atoms with Gasteiger partial charge in [0.05, 0.1) is 18.4 Å². The largest absolute Gasteiger partial charge is 0.496 e. The highest BCUT2D eigenvalue weighted by molar-refractivity contribution is 5.81. The van der Waals surface area contributed by atoms with Crippen LogP contribution in [0.25, 0.3) is 11.5 Å². The molecule has 5 nitrogen and oxygen atoms in total. The zero-order chi connectivity index (χ0) is 21.6. The van der Waals surface area contributed by atoms with Crippen LogP contribution in [0.1, 0.15) is 36.3 Å². The van der Waals surface area contributed by atoms with Crippen LogP contribution < -0.4 is 4.74 Å². The SMILES string of the molecule is COc1ccccc1-c1nc(CN2CCCC(C(=O)CCc3ccccc3)C2)c(C)o1. The third kappa shape index (κ3) is 5.23. The lowest BCUT2D eigenvalue weighted by atomic mass is 9.90. The van der Waals surface area contributed by atoms with Crippen molar-refractivity contribution in [2.24, 2.45) is 5.92 Å². The second kappa shape index (κ2) is 9.92. The summed E-state index contributed by atoms with van der Waals surface area (Å²) in [6.45, 7) is 4.43. The molecule has 1 aromatic heterocycles. The number of para-hydroxylation sites is 1. The minimum absolute atomic E-state index is 0.110. The third-order valence-corrected chi connectivity index (χ3v) is 6.07. The molecule has 2 aromatic carbocycles. The molecule has 0 spiro atoms. The Morgan fingerprint density at radius 2 is 1.94 bits per heavy atom. The summed E-state index contributed by atoms with van der Waals surface area (Å²) in [5.41, 5.74) is 3.01. The molecular formula is C26H30N2O3. The highest BCUT2D eigenvalue weighted by atomic mass is 16.5. The van der Waals surface area contributed by atoms with Gasteiger partial charge in [0.2, 0.25) is 5.89 Å². The summed E-state index contributed by atoms with van der Waals surface area (Å²) in [7, 11) is 1.65. The average molecular weight is 419 g/mol. The number of oxazole rings is 1. The fourth-order valence-electron chi connectivity index (χ4n) is 4.30. The Kier molecular flexibility index (Phi) is 6.82. The molecule has 1 saturated heterocycles. The second-order valence-corrected chi connectivity index (χ2v) is 8.25. The summed E-state index contributed by atoms with van der Waals surface area (Å²) < 4.78 is 11.4. The van der Waals surface area contributed by atoms with E-state index in [4.69, 9.17) is 14.1 Å². The fourth-order valence-corrected chi connectivity index (χ4v) is 4.30. The van der Waals surface area contributed by atoms with Gasteiger partial charge in [0.1, 0.15) is 17.3 Å². The molecule has 3 aromatic rings. The first kappa shape index (κ1) is 21.3. The number of benzene rings is 2. The van der Waals surface area contributed by atoms with E-state index in [0.29, 0.717) is 24.6 Å². The van der Waals surface area contributed by atoms with Gasteiger partial charge in [-0.2, -0.15) is 0 Å². The molecule has 1 unspecified atom stereocenters. The van der Waals surface area contributed by atoms with Crippen LogP contribution in [-0.2, 0) is 17.8 Å². The Labute approximate surface area is 184 Å². The molecule has 4 rings (SSSR count). The van der Waals surface area contributed by atoms with Crippen molar-refractivity contribution < 1.29 is 13.9 Å². The highest BCUT2D eigenvalue weighted by Crippen LogP contribution is 2.31. The molecule has 0 amide bonds. The van der Waals surface area contributed by atoms with E-state index in [1.165, 1.54) is 5.56 Å². The number of methoxy groups -OCH3 is 1. The number of ketones is 1. The lowest BCUT2D eigenvalue weighted by molar-refractivity contribution is -0.124. The first-order valence-electron chi connectivity index (χ1n) is 11.0. The van der Waals surface area contributed by atoms with Crippen molar-refractivity contribution in [3.05, 3.63) is 71.6 Å². The number of piperidine rings is 1. The van der Waals surface area contributed by atoms with E-state index in [-0.39, 0.29) is 5.92 Å². The van der Waals surface area contributed by atoms with Crippen molar-refractivity contribution in [2.75, 3.05) is 20.2 Å². The zero-order valence-corrected chi connectivity index (χ0v) is 18.3. The third-order valence-electron chi connectivity index (χ3n) is 6.07. The molecule has 0 N–H and O–H groups in total. The van der Waals surface area contributed by atoms with Crippen LogP contribution in [-0.4, -0.2) is 35.9 Å². The molecule has 0 radical (unpaired) electrons. The molecule has 0 aliphatic carbocycles. The Balaban J connectivity index is 1.38. The molecule has 1 fully saturated rings. The number of ether oxygens (including phenoxy) is 1. The predicted molar refractivity (Wildman–Crippen MR) is 121 cm³/mol. The van der Waals surface area contributed by atoms with Gasteiger partial charge in [-0.05, 0) is 50.4 Å². The second-order valence-electron chi connectivity index (χ2n) is 8.25. The van der Waals surface area contributed by atoms with Crippen molar-refractivity contribution in [2.45, 2.75) is 39.2 Å². The van der Waals surface area contributed by atoms with E-state index >= 15 is 0 Å². The number of hydrogen-bond acceptors (Lipinski definition) is 5. The van der Waals surface area contributed by atoms with Crippen molar-refractivity contribution >= 4 is 5.78 Å². The first-order valence-corrected chi connectivity index (χ1v) is 11.0. The van der Waals surface area contributed by atoms with E-state index in [0.717, 1.165) is 55.1 Å². The summed E-state index contributed by atoms with van der Waals surface area (Å²) in [4.78, 5) is 19.9. The van der Waals surface area contributed by atoms with Crippen molar-refractivity contribution in [3.63, 3.8) is 0 Å². The molecule has 1 aliphatic heterocycles. The molecule has 162 valence electrons. The summed E-state index contributed by atoms with van der Waals surface area (Å²) in [6, 6.07) is 18.0. The summed E-state index contributed by atoms with van der Waals surface area (Å²) >= 11 is 0. The van der Waals surface area contributed by atoms with Crippen LogP contribution in [0.15, 0.2) is 59.0 Å². The Morgan fingerprint density at radius 1 is 1.16 bits per heavy atom. The summed E-state index contributed by atoms with van der Waals surface area (Å²) in [6.07, 6.45) is 3.46. The van der Waals surface area contributed by atoms with Crippen LogP contribution in [0.4, 0.5) is 0 Å². The van der Waals surface area contributed by atoms with Crippen molar-refractivity contribution in [3.8, 4) is 17.2 Å². The van der Waals surface area contributed by atoms with Crippen LogP contribution >= 0.6 is 0 Å². The van der Waals surface area contributed by atoms with Gasteiger partial charge in [-0.25, -0.2) is 4.98 Å². The Hall–Kier alpha value is -2.92. The van der Waals surface area contributed by atoms with Crippen LogP contribution in [0.5, 0.6) is 5.75 Å². The maximum absolute atomic E-state index is 12.8. The van der Waals surface area contributed by atoms with Gasteiger partial charge < -0.3 is 9.15 Å². The smallest absolute Gasteiger partial charge is 0.230 e. The predicted octanol–water partition coefficient (Wildman–Crippen LogP) is 5.07. The van der Waals surface area contributed by atoms with Gasteiger partial charge in [0, 0.05) is 25.4 Å². The average Bonchev–Trinajstić information content (AvgIpc) is 3.18. The standard InChI is InChI=1S/C26H30N2O3/c1-19-23(27-26(31-19)22-12-6-7-13-25(22)30-2)18-28-16-8-11-21(17-28)24(29)15-14-20-9-4-3-5-10-20/h3-7,9-10,12-13,21H,8,11,14-18H2,1-2H3. The Bertz CT molecular complexity index is 1010. The number of rotatable bonds is 8.